The summed E-state index contributed by atoms with van der Waals surface area (Å²) < 4.78 is 4.90. The molecule has 0 saturated carbocycles. The molecule has 4 heterocycles. The molecule has 3 aromatic heterocycles. The van der Waals surface area contributed by atoms with Crippen LogP contribution < -0.4 is 0 Å². The minimum Gasteiger partial charge on any atom is -0.295 e. The lowest BCUT2D eigenvalue weighted by atomic mass is 10.0. The number of hydrogen-bond acceptors (Lipinski definition) is 3. The van der Waals surface area contributed by atoms with Gasteiger partial charge in [0.1, 0.15) is 5.65 Å². The highest BCUT2D eigenvalue weighted by Gasteiger charge is 2.27. The van der Waals surface area contributed by atoms with Gasteiger partial charge in [0.05, 0.1) is 27.9 Å². The van der Waals surface area contributed by atoms with Gasteiger partial charge < -0.3 is 0 Å². The molecule has 0 amide bonds. The van der Waals surface area contributed by atoms with E-state index in [1.54, 1.807) is 0 Å². The maximum Gasteiger partial charge on any atom is 0.160 e. The molecule has 4 nitrogen and oxygen atoms in total. The van der Waals surface area contributed by atoms with Crippen molar-refractivity contribution in [3.8, 4) is 45.1 Å². The average molecular weight is 669 g/mol. The highest BCUT2D eigenvalue weighted by atomic mass is 32.2. The highest BCUT2D eigenvalue weighted by Crippen LogP contribution is 2.49. The van der Waals surface area contributed by atoms with E-state index in [0.29, 0.717) is 5.82 Å². The molecule has 11 rings (SSSR count). The normalized spacial score (nSPS) is 12.2. The Morgan fingerprint density at radius 3 is 1.94 bits per heavy atom. The van der Waals surface area contributed by atoms with Crippen LogP contribution in [-0.2, 0) is 0 Å². The lowest BCUT2D eigenvalue weighted by Gasteiger charge is -2.21. The molecular formula is C46H28N4S. The molecule has 0 radical (unpaired) electrons. The van der Waals surface area contributed by atoms with Crippen molar-refractivity contribution < 1.29 is 0 Å². The summed E-state index contributed by atoms with van der Waals surface area (Å²) in [6, 6.07) is 60.4. The number of para-hydroxylation sites is 4. The standard InChI is InChI=1S/C46H28N4S/c1-2-11-29(12-3-1)30-21-23-31(24-22-30)43-34-13-4-6-16-37(34)47-45(48-43)32-25-27-33(28-26-32)49-38-17-7-5-14-35(38)42-36-15-10-20-41-44(36)50(46(42)49)39-18-8-9-19-40(39)51-41/h1-28H. The van der Waals surface area contributed by atoms with Crippen molar-refractivity contribution in [1.29, 1.82) is 0 Å². The van der Waals surface area contributed by atoms with E-state index in [1.165, 1.54) is 59.4 Å². The second-order valence-corrected chi connectivity index (χ2v) is 14.1. The summed E-state index contributed by atoms with van der Waals surface area (Å²) in [5, 5.41) is 4.86. The van der Waals surface area contributed by atoms with E-state index in [-0.39, 0.29) is 0 Å². The summed E-state index contributed by atoms with van der Waals surface area (Å²) in [5.41, 5.74) is 12.2. The summed E-state index contributed by atoms with van der Waals surface area (Å²) in [7, 11) is 0. The van der Waals surface area contributed by atoms with Gasteiger partial charge in [0.25, 0.3) is 0 Å². The Morgan fingerprint density at radius 1 is 0.431 bits per heavy atom. The summed E-state index contributed by atoms with van der Waals surface area (Å²) in [6.07, 6.45) is 0. The first-order valence-corrected chi connectivity index (χ1v) is 18.0. The minimum atomic E-state index is 0.712. The Morgan fingerprint density at radius 2 is 1.08 bits per heavy atom. The second-order valence-electron chi connectivity index (χ2n) is 13.0. The van der Waals surface area contributed by atoms with Gasteiger partial charge in [0.2, 0.25) is 0 Å². The SMILES string of the molecule is c1ccc(-c2ccc(-c3nc(-c4ccc(-n5c6ccccc6c6c7cccc8c7n(c65)-c5ccccc5S8)cc4)nc4ccccc34)cc2)cc1. The van der Waals surface area contributed by atoms with Gasteiger partial charge in [-0.25, -0.2) is 9.97 Å². The minimum absolute atomic E-state index is 0.712. The monoisotopic (exact) mass is 668 g/mol. The second kappa shape index (κ2) is 11.0. The van der Waals surface area contributed by atoms with Crippen molar-refractivity contribution in [2.24, 2.45) is 0 Å². The molecule has 51 heavy (non-hydrogen) atoms. The van der Waals surface area contributed by atoms with Crippen LogP contribution in [0.2, 0.25) is 0 Å². The van der Waals surface area contributed by atoms with Crippen LogP contribution in [0.25, 0.3) is 88.9 Å². The van der Waals surface area contributed by atoms with Crippen molar-refractivity contribution in [2.75, 3.05) is 0 Å². The Hall–Kier alpha value is -6.43. The summed E-state index contributed by atoms with van der Waals surface area (Å²) in [5.74, 6) is 0.712. The number of nitrogens with zero attached hydrogens (tertiary/aromatic N) is 4. The van der Waals surface area contributed by atoms with Gasteiger partial charge in [0, 0.05) is 48.2 Å². The van der Waals surface area contributed by atoms with Crippen LogP contribution in [0.3, 0.4) is 0 Å². The van der Waals surface area contributed by atoms with Crippen LogP contribution in [0, 0.1) is 0 Å². The third kappa shape index (κ3) is 4.28. The van der Waals surface area contributed by atoms with E-state index in [2.05, 4.69) is 167 Å². The molecule has 0 aliphatic carbocycles. The van der Waals surface area contributed by atoms with Crippen molar-refractivity contribution in [1.82, 2.24) is 19.1 Å². The fraction of sp³-hybridized carbons (Fsp3) is 0. The van der Waals surface area contributed by atoms with Crippen molar-refractivity contribution in [3.63, 3.8) is 0 Å². The predicted octanol–water partition coefficient (Wildman–Crippen LogP) is 12.1. The predicted molar refractivity (Wildman–Crippen MR) is 211 cm³/mol. The zero-order chi connectivity index (χ0) is 33.5. The van der Waals surface area contributed by atoms with E-state index in [1.807, 2.05) is 23.9 Å². The molecule has 0 saturated heterocycles. The van der Waals surface area contributed by atoms with Gasteiger partial charge >= 0.3 is 0 Å². The third-order valence-electron chi connectivity index (χ3n) is 10.1. The maximum absolute atomic E-state index is 5.21. The quantitative estimate of drug-likeness (QED) is 0.187. The molecule has 0 spiro atoms. The van der Waals surface area contributed by atoms with Crippen LogP contribution in [0.5, 0.6) is 0 Å². The molecule has 1 aliphatic rings. The number of benzene rings is 7. The van der Waals surface area contributed by atoms with Gasteiger partial charge in [-0.15, -0.1) is 0 Å². The van der Waals surface area contributed by atoms with Gasteiger partial charge in [-0.05, 0) is 65.7 Å². The molecule has 7 aromatic carbocycles. The van der Waals surface area contributed by atoms with Crippen LogP contribution >= 0.6 is 11.8 Å². The molecule has 1 aliphatic heterocycles. The smallest absolute Gasteiger partial charge is 0.160 e. The number of rotatable bonds is 4. The van der Waals surface area contributed by atoms with Gasteiger partial charge in [-0.1, -0.05) is 127 Å². The number of fused-ring (bicyclic) bond motifs is 8. The Balaban J connectivity index is 1.08. The van der Waals surface area contributed by atoms with Gasteiger partial charge in [-0.3, -0.25) is 9.13 Å². The first-order valence-electron chi connectivity index (χ1n) is 17.2. The van der Waals surface area contributed by atoms with Gasteiger partial charge in [-0.2, -0.15) is 0 Å². The first-order chi connectivity index (χ1) is 25.3. The Kier molecular flexibility index (Phi) is 6.15. The largest absolute Gasteiger partial charge is 0.295 e. The van der Waals surface area contributed by atoms with E-state index in [9.17, 15) is 0 Å². The first kappa shape index (κ1) is 28.4. The molecule has 5 heteroatoms. The molecule has 10 aromatic rings. The zero-order valence-electron chi connectivity index (χ0n) is 27.4. The molecule has 0 atom stereocenters. The van der Waals surface area contributed by atoms with Crippen LogP contribution in [-0.4, -0.2) is 19.1 Å². The third-order valence-corrected chi connectivity index (χ3v) is 11.2. The van der Waals surface area contributed by atoms with E-state index in [0.717, 1.165) is 33.4 Å². The molecule has 0 fully saturated rings. The summed E-state index contributed by atoms with van der Waals surface area (Å²) in [6.45, 7) is 0. The molecule has 0 unspecified atom stereocenters. The average Bonchev–Trinajstić information content (AvgIpc) is 3.72. The van der Waals surface area contributed by atoms with Crippen molar-refractivity contribution in [3.05, 3.63) is 170 Å². The Bertz CT molecular complexity index is 2970. The van der Waals surface area contributed by atoms with Gasteiger partial charge in [0.15, 0.2) is 5.82 Å². The zero-order valence-corrected chi connectivity index (χ0v) is 28.2. The molecule has 0 N–H and O–H groups in total. The highest BCUT2D eigenvalue weighted by molar-refractivity contribution is 7.99. The van der Waals surface area contributed by atoms with E-state index < -0.39 is 0 Å². The molecule has 238 valence electrons. The lowest BCUT2D eigenvalue weighted by Crippen LogP contribution is -2.05. The maximum atomic E-state index is 5.21. The lowest BCUT2D eigenvalue weighted by molar-refractivity contribution is 1.03. The summed E-state index contributed by atoms with van der Waals surface area (Å²) in [4.78, 5) is 12.8. The van der Waals surface area contributed by atoms with Crippen LogP contribution in [0.4, 0.5) is 0 Å². The topological polar surface area (TPSA) is 35.6 Å². The van der Waals surface area contributed by atoms with Crippen molar-refractivity contribution in [2.45, 2.75) is 9.79 Å². The number of aromatic nitrogens is 4. The summed E-state index contributed by atoms with van der Waals surface area (Å²) >= 11 is 1.86. The van der Waals surface area contributed by atoms with Crippen LogP contribution in [0.1, 0.15) is 0 Å². The van der Waals surface area contributed by atoms with Crippen molar-refractivity contribution >= 4 is 55.5 Å². The fourth-order valence-electron chi connectivity index (χ4n) is 7.83. The Labute approximate surface area is 298 Å². The number of hydrogen-bond donors (Lipinski definition) is 0. The van der Waals surface area contributed by atoms with E-state index >= 15 is 0 Å². The molecular weight excluding hydrogens is 641 g/mol. The van der Waals surface area contributed by atoms with E-state index in [4.69, 9.17) is 9.97 Å². The molecule has 0 bridgehead atoms. The van der Waals surface area contributed by atoms with Crippen LogP contribution in [0.15, 0.2) is 180 Å². The fourth-order valence-corrected chi connectivity index (χ4v) is 8.92.